The van der Waals surface area contributed by atoms with Crippen LogP contribution >= 0.6 is 0 Å². The predicted molar refractivity (Wildman–Crippen MR) is 109 cm³/mol. The molecule has 0 spiro atoms. The van der Waals surface area contributed by atoms with Crippen LogP contribution in [0.1, 0.15) is 43.0 Å². The van der Waals surface area contributed by atoms with E-state index in [2.05, 4.69) is 10.1 Å². The Morgan fingerprint density at radius 3 is 2.39 bits per heavy atom. The van der Waals surface area contributed by atoms with Gasteiger partial charge in [0.25, 0.3) is 0 Å². The molecule has 0 atom stereocenters. The normalized spacial score (nSPS) is 23.5. The summed E-state index contributed by atoms with van der Waals surface area (Å²) in [4.78, 5) is 16.9. The number of hydrogen-bond acceptors (Lipinski definition) is 6. The molecule has 0 amide bonds. The lowest BCUT2D eigenvalue weighted by Gasteiger charge is -2.68. The van der Waals surface area contributed by atoms with Crippen molar-refractivity contribution in [3.63, 3.8) is 0 Å². The Morgan fingerprint density at radius 1 is 1.03 bits per heavy atom. The molecule has 0 N–H and O–H groups in total. The number of hydrogen-bond donors (Lipinski definition) is 0. The number of halogens is 1. The highest BCUT2D eigenvalue weighted by Gasteiger charge is 2.71. The maximum atomic E-state index is 12.9. The van der Waals surface area contributed by atoms with Crippen molar-refractivity contribution in [3.05, 3.63) is 71.6 Å². The molecule has 1 heterocycles. The summed E-state index contributed by atoms with van der Waals surface area (Å²) in [6, 6.07) is 13.5. The van der Waals surface area contributed by atoms with Gasteiger partial charge < -0.3 is 14.0 Å². The molecule has 0 saturated heterocycles. The van der Waals surface area contributed by atoms with Crippen molar-refractivity contribution >= 4 is 5.78 Å². The van der Waals surface area contributed by atoms with E-state index in [0.29, 0.717) is 23.9 Å². The smallest absolute Gasteiger partial charge is 0.233 e. The number of rotatable bonds is 9. The van der Waals surface area contributed by atoms with E-state index in [4.69, 9.17) is 14.0 Å². The van der Waals surface area contributed by atoms with Gasteiger partial charge >= 0.3 is 0 Å². The van der Waals surface area contributed by atoms with Crippen molar-refractivity contribution in [1.82, 2.24) is 10.1 Å². The first-order valence-corrected chi connectivity index (χ1v) is 10.4. The lowest BCUT2D eigenvalue weighted by atomic mass is 9.34. The number of carbonyl (C=O) groups is 1. The minimum Gasteiger partial charge on any atom is -0.486 e. The molecule has 1 aromatic heterocycles. The molecule has 7 heteroatoms. The van der Waals surface area contributed by atoms with E-state index < -0.39 is 0 Å². The number of ether oxygens (including phenoxy) is 2. The van der Waals surface area contributed by atoms with Gasteiger partial charge in [0.15, 0.2) is 12.4 Å². The first-order valence-electron chi connectivity index (χ1n) is 10.4. The molecule has 2 bridgehead atoms. The Hall–Kier alpha value is -3.22. The van der Waals surface area contributed by atoms with E-state index in [1.54, 1.807) is 0 Å². The maximum absolute atomic E-state index is 12.9. The molecule has 0 unspecified atom stereocenters. The summed E-state index contributed by atoms with van der Waals surface area (Å²) < 4.78 is 29.6. The summed E-state index contributed by atoms with van der Waals surface area (Å²) >= 11 is 0. The van der Waals surface area contributed by atoms with E-state index in [9.17, 15) is 9.18 Å². The standard InChI is InChI=1S/C24H23FN2O4/c1-16-2-6-19(7-3-16)30-12-21-26-22(31-27-21)24-13-23(14-24,15-24)10-18(28)11-29-20-8-4-17(25)5-9-20/h2-9H,10-15H2,1H3. The number of benzene rings is 2. The van der Waals surface area contributed by atoms with Crippen molar-refractivity contribution in [3.8, 4) is 11.5 Å². The molecular weight excluding hydrogens is 399 g/mol. The summed E-state index contributed by atoms with van der Waals surface area (Å²) in [6.45, 7) is 2.28. The van der Waals surface area contributed by atoms with Crippen LogP contribution in [-0.2, 0) is 16.8 Å². The van der Waals surface area contributed by atoms with Gasteiger partial charge in [0.1, 0.15) is 23.9 Å². The molecule has 3 fully saturated rings. The van der Waals surface area contributed by atoms with Crippen LogP contribution in [0.15, 0.2) is 53.1 Å². The number of aromatic nitrogens is 2. The molecule has 3 aromatic rings. The van der Waals surface area contributed by atoms with E-state index >= 15 is 0 Å². The van der Waals surface area contributed by atoms with Crippen LogP contribution in [0.4, 0.5) is 4.39 Å². The van der Waals surface area contributed by atoms with Gasteiger partial charge in [-0.2, -0.15) is 4.98 Å². The quantitative estimate of drug-likeness (QED) is 0.503. The van der Waals surface area contributed by atoms with Crippen LogP contribution in [-0.4, -0.2) is 22.5 Å². The number of carbonyl (C=O) groups excluding carboxylic acids is 1. The highest BCUT2D eigenvalue weighted by atomic mass is 19.1. The van der Waals surface area contributed by atoms with Gasteiger partial charge in [0.2, 0.25) is 11.7 Å². The zero-order valence-corrected chi connectivity index (χ0v) is 17.3. The fourth-order valence-corrected chi connectivity index (χ4v) is 4.89. The minimum absolute atomic E-state index is 0.00143. The third-order valence-corrected chi connectivity index (χ3v) is 6.24. The number of nitrogens with zero attached hydrogens (tertiary/aromatic N) is 2. The van der Waals surface area contributed by atoms with Crippen LogP contribution < -0.4 is 9.47 Å². The van der Waals surface area contributed by atoms with Crippen molar-refractivity contribution in [2.45, 2.75) is 44.6 Å². The summed E-state index contributed by atoms with van der Waals surface area (Å²) in [5.74, 6) is 2.15. The second-order valence-electron chi connectivity index (χ2n) is 8.89. The van der Waals surface area contributed by atoms with Crippen LogP contribution in [0.2, 0.25) is 0 Å². The van der Waals surface area contributed by atoms with Crippen molar-refractivity contribution < 1.29 is 23.2 Å². The zero-order chi connectivity index (χ0) is 21.5. The molecule has 31 heavy (non-hydrogen) atoms. The Labute approximate surface area is 179 Å². The van der Waals surface area contributed by atoms with Gasteiger partial charge in [-0.05, 0) is 68.0 Å². The van der Waals surface area contributed by atoms with Crippen LogP contribution in [0.3, 0.4) is 0 Å². The summed E-state index contributed by atoms with van der Waals surface area (Å²) in [6.07, 6.45) is 3.11. The van der Waals surface area contributed by atoms with Gasteiger partial charge in [-0.25, -0.2) is 4.39 Å². The number of aryl methyl sites for hydroxylation is 1. The summed E-state index contributed by atoms with van der Waals surface area (Å²) in [7, 11) is 0. The maximum Gasteiger partial charge on any atom is 0.233 e. The summed E-state index contributed by atoms with van der Waals surface area (Å²) in [5.41, 5.74) is 1.11. The van der Waals surface area contributed by atoms with E-state index in [1.165, 1.54) is 29.8 Å². The van der Waals surface area contributed by atoms with E-state index in [1.807, 2.05) is 31.2 Å². The monoisotopic (exact) mass is 422 g/mol. The van der Waals surface area contributed by atoms with Crippen molar-refractivity contribution in [2.75, 3.05) is 6.61 Å². The minimum atomic E-state index is -0.330. The molecule has 6 rings (SSSR count). The summed E-state index contributed by atoms with van der Waals surface area (Å²) in [5, 5.41) is 4.05. The van der Waals surface area contributed by atoms with Gasteiger partial charge in [0, 0.05) is 6.42 Å². The molecule has 6 nitrogen and oxygen atoms in total. The fourth-order valence-electron chi connectivity index (χ4n) is 4.89. The fraction of sp³-hybridized carbons (Fsp3) is 0.375. The molecule has 2 aromatic carbocycles. The SMILES string of the molecule is Cc1ccc(OCc2noc(C34CC(CC(=O)COc5ccc(F)cc5)(C3)C4)n2)cc1. The van der Waals surface area contributed by atoms with Crippen molar-refractivity contribution in [2.24, 2.45) is 5.41 Å². The van der Waals surface area contributed by atoms with Gasteiger partial charge in [-0.1, -0.05) is 22.9 Å². The molecular formula is C24H23FN2O4. The van der Waals surface area contributed by atoms with Crippen LogP contribution in [0.25, 0.3) is 0 Å². The molecule has 0 radical (unpaired) electrons. The number of Topliss-reactive ketones (excluding diaryl/α,β-unsaturated/α-hetero) is 1. The molecule has 3 saturated carbocycles. The Balaban J connectivity index is 1.09. The largest absolute Gasteiger partial charge is 0.486 e. The second kappa shape index (κ2) is 7.48. The van der Waals surface area contributed by atoms with Gasteiger partial charge in [-0.3, -0.25) is 4.79 Å². The highest BCUT2D eigenvalue weighted by molar-refractivity contribution is 5.81. The van der Waals surface area contributed by atoms with Crippen LogP contribution in [0, 0.1) is 18.2 Å². The van der Waals surface area contributed by atoms with Gasteiger partial charge in [0.05, 0.1) is 5.41 Å². The average Bonchev–Trinajstić information content (AvgIpc) is 3.17. The average molecular weight is 422 g/mol. The van der Waals surface area contributed by atoms with E-state index in [0.717, 1.165) is 25.0 Å². The second-order valence-corrected chi connectivity index (χ2v) is 8.89. The van der Waals surface area contributed by atoms with E-state index in [-0.39, 0.29) is 35.6 Å². The first-order chi connectivity index (χ1) is 14.9. The Bertz CT molecular complexity index is 1070. The molecule has 3 aliphatic rings. The Morgan fingerprint density at radius 2 is 1.68 bits per heavy atom. The molecule has 3 aliphatic carbocycles. The number of ketones is 1. The lowest BCUT2D eigenvalue weighted by Crippen LogP contribution is -2.65. The lowest BCUT2D eigenvalue weighted by molar-refractivity contribution is -0.168. The molecule has 160 valence electrons. The first kappa shape index (κ1) is 19.7. The molecule has 0 aliphatic heterocycles. The van der Waals surface area contributed by atoms with Crippen molar-refractivity contribution in [1.29, 1.82) is 0 Å². The Kier molecular flexibility index (Phi) is 4.76. The third kappa shape index (κ3) is 3.92. The third-order valence-electron chi connectivity index (χ3n) is 6.24. The topological polar surface area (TPSA) is 74.5 Å². The van der Waals surface area contributed by atoms with Crippen LogP contribution in [0.5, 0.6) is 11.5 Å². The highest BCUT2D eigenvalue weighted by Crippen LogP contribution is 2.74. The zero-order valence-electron chi connectivity index (χ0n) is 17.3. The predicted octanol–water partition coefficient (Wildman–Crippen LogP) is 4.56. The van der Waals surface area contributed by atoms with Gasteiger partial charge in [-0.15, -0.1) is 0 Å².